The highest BCUT2D eigenvalue weighted by atomic mass is 16.4. The van der Waals surface area contributed by atoms with Crippen molar-refractivity contribution >= 4 is 11.7 Å². The van der Waals surface area contributed by atoms with Gasteiger partial charge in [-0.1, -0.05) is 12.1 Å². The number of nitrogens with zero attached hydrogens (tertiary/aromatic N) is 4. The Morgan fingerprint density at radius 2 is 2.22 bits per heavy atom. The van der Waals surface area contributed by atoms with Crippen LogP contribution in [0, 0.1) is 6.92 Å². The fourth-order valence-electron chi connectivity index (χ4n) is 1.68. The van der Waals surface area contributed by atoms with Gasteiger partial charge >= 0.3 is 0 Å². The highest BCUT2D eigenvalue weighted by molar-refractivity contribution is 5.80. The van der Waals surface area contributed by atoms with E-state index < -0.39 is 0 Å². The SMILES string of the molecule is CCc1cc(N(C)C(C)CC(N)=NO)nc(C)n1. The molecule has 1 atom stereocenters. The monoisotopic (exact) mass is 251 g/mol. The molecule has 0 bridgehead atoms. The van der Waals surface area contributed by atoms with Crippen molar-refractivity contribution in [3.8, 4) is 0 Å². The molecule has 0 saturated carbocycles. The Bertz CT molecular complexity index is 432. The maximum atomic E-state index is 8.58. The number of aromatic nitrogens is 2. The molecular weight excluding hydrogens is 230 g/mol. The first-order chi connectivity index (χ1) is 8.47. The van der Waals surface area contributed by atoms with E-state index in [0.717, 1.165) is 23.8 Å². The zero-order valence-electron chi connectivity index (χ0n) is 11.4. The molecular formula is C12H21N5O. The Labute approximate surface area is 108 Å². The van der Waals surface area contributed by atoms with Gasteiger partial charge in [-0.2, -0.15) is 0 Å². The Morgan fingerprint density at radius 1 is 1.56 bits per heavy atom. The van der Waals surface area contributed by atoms with E-state index in [0.29, 0.717) is 6.42 Å². The van der Waals surface area contributed by atoms with Gasteiger partial charge in [0.25, 0.3) is 0 Å². The van der Waals surface area contributed by atoms with Crippen molar-refractivity contribution in [2.24, 2.45) is 10.9 Å². The third kappa shape index (κ3) is 3.58. The van der Waals surface area contributed by atoms with Gasteiger partial charge in [-0.05, 0) is 20.3 Å². The van der Waals surface area contributed by atoms with E-state index in [4.69, 9.17) is 10.9 Å². The molecule has 0 amide bonds. The van der Waals surface area contributed by atoms with Crippen LogP contribution in [0.25, 0.3) is 0 Å². The molecule has 0 aliphatic rings. The minimum absolute atomic E-state index is 0.0971. The third-order valence-electron chi connectivity index (χ3n) is 2.90. The molecule has 6 heteroatoms. The number of rotatable bonds is 5. The summed E-state index contributed by atoms with van der Waals surface area (Å²) < 4.78 is 0. The Balaban J connectivity index is 2.88. The summed E-state index contributed by atoms with van der Waals surface area (Å²) in [6, 6.07) is 2.07. The zero-order chi connectivity index (χ0) is 13.7. The average Bonchev–Trinajstić information content (AvgIpc) is 2.36. The standard InChI is InChI=1S/C12H21N5O/c1-5-10-7-12(15-9(3)14-10)17(4)8(2)6-11(13)16-18/h7-8,18H,5-6H2,1-4H3,(H2,13,16). The number of hydrogen-bond acceptors (Lipinski definition) is 5. The summed E-state index contributed by atoms with van der Waals surface area (Å²) in [6.07, 6.45) is 1.36. The highest BCUT2D eigenvalue weighted by Gasteiger charge is 2.14. The maximum Gasteiger partial charge on any atom is 0.141 e. The van der Waals surface area contributed by atoms with Crippen LogP contribution in [-0.4, -0.2) is 34.1 Å². The van der Waals surface area contributed by atoms with Crippen LogP contribution in [0.2, 0.25) is 0 Å². The highest BCUT2D eigenvalue weighted by Crippen LogP contribution is 2.15. The lowest BCUT2D eigenvalue weighted by Gasteiger charge is -2.26. The fraction of sp³-hybridized carbons (Fsp3) is 0.583. The molecule has 0 aliphatic carbocycles. The lowest BCUT2D eigenvalue weighted by atomic mass is 10.2. The van der Waals surface area contributed by atoms with Gasteiger partial charge in [-0.25, -0.2) is 9.97 Å². The minimum atomic E-state index is 0.0971. The second kappa shape index (κ2) is 6.18. The van der Waals surface area contributed by atoms with Gasteiger partial charge < -0.3 is 15.8 Å². The lowest BCUT2D eigenvalue weighted by Crippen LogP contribution is -2.34. The molecule has 3 N–H and O–H groups in total. The summed E-state index contributed by atoms with van der Waals surface area (Å²) in [6.45, 7) is 5.94. The van der Waals surface area contributed by atoms with Crippen LogP contribution in [-0.2, 0) is 6.42 Å². The van der Waals surface area contributed by atoms with Gasteiger partial charge in [0.2, 0.25) is 0 Å². The number of amidine groups is 1. The Kier molecular flexibility index (Phi) is 4.88. The van der Waals surface area contributed by atoms with E-state index in [9.17, 15) is 0 Å². The fourth-order valence-corrected chi connectivity index (χ4v) is 1.68. The molecule has 6 nitrogen and oxygen atoms in total. The van der Waals surface area contributed by atoms with E-state index in [-0.39, 0.29) is 11.9 Å². The molecule has 0 radical (unpaired) electrons. The van der Waals surface area contributed by atoms with Gasteiger partial charge in [0.1, 0.15) is 17.5 Å². The number of hydrogen-bond donors (Lipinski definition) is 2. The van der Waals surface area contributed by atoms with E-state index in [1.54, 1.807) is 0 Å². The van der Waals surface area contributed by atoms with Crippen LogP contribution >= 0.6 is 0 Å². The normalized spacial score (nSPS) is 13.4. The Hall–Kier alpha value is -1.85. The van der Waals surface area contributed by atoms with Crippen molar-refractivity contribution in [2.75, 3.05) is 11.9 Å². The van der Waals surface area contributed by atoms with Gasteiger partial charge in [0.05, 0.1) is 0 Å². The van der Waals surface area contributed by atoms with Gasteiger partial charge in [-0.3, -0.25) is 0 Å². The van der Waals surface area contributed by atoms with E-state index >= 15 is 0 Å². The molecule has 1 heterocycles. The molecule has 1 aromatic rings. The summed E-state index contributed by atoms with van der Waals surface area (Å²) in [7, 11) is 1.94. The van der Waals surface area contributed by atoms with E-state index in [1.165, 1.54) is 0 Å². The maximum absolute atomic E-state index is 8.58. The van der Waals surface area contributed by atoms with Crippen LogP contribution in [0.5, 0.6) is 0 Å². The molecule has 1 unspecified atom stereocenters. The number of oxime groups is 1. The van der Waals surface area contributed by atoms with E-state index in [2.05, 4.69) is 22.0 Å². The number of nitrogens with two attached hydrogens (primary N) is 1. The second-order valence-corrected chi connectivity index (χ2v) is 4.37. The van der Waals surface area contributed by atoms with Crippen molar-refractivity contribution in [1.82, 2.24) is 9.97 Å². The molecule has 0 aromatic carbocycles. The van der Waals surface area contributed by atoms with Crippen molar-refractivity contribution < 1.29 is 5.21 Å². The first-order valence-electron chi connectivity index (χ1n) is 6.01. The minimum Gasteiger partial charge on any atom is -0.409 e. The van der Waals surface area contributed by atoms with Crippen LogP contribution in [0.4, 0.5) is 5.82 Å². The average molecular weight is 251 g/mol. The molecule has 1 aromatic heterocycles. The molecule has 100 valence electrons. The van der Waals surface area contributed by atoms with Crippen molar-refractivity contribution in [2.45, 2.75) is 39.7 Å². The van der Waals surface area contributed by atoms with Crippen molar-refractivity contribution in [3.63, 3.8) is 0 Å². The first kappa shape index (κ1) is 14.2. The molecule has 0 saturated heterocycles. The lowest BCUT2D eigenvalue weighted by molar-refractivity contribution is 0.316. The summed E-state index contributed by atoms with van der Waals surface area (Å²) >= 11 is 0. The van der Waals surface area contributed by atoms with E-state index in [1.807, 2.05) is 31.9 Å². The quantitative estimate of drug-likeness (QED) is 0.356. The zero-order valence-corrected chi connectivity index (χ0v) is 11.4. The summed E-state index contributed by atoms with van der Waals surface area (Å²) in [5, 5.41) is 11.6. The van der Waals surface area contributed by atoms with Crippen LogP contribution in [0.1, 0.15) is 31.8 Å². The van der Waals surface area contributed by atoms with Crippen LogP contribution < -0.4 is 10.6 Å². The van der Waals surface area contributed by atoms with Crippen molar-refractivity contribution in [1.29, 1.82) is 0 Å². The number of aryl methyl sites for hydroxylation is 2. The molecule has 0 spiro atoms. The van der Waals surface area contributed by atoms with Crippen LogP contribution in [0.15, 0.2) is 11.2 Å². The molecule has 0 fully saturated rings. The topological polar surface area (TPSA) is 87.6 Å². The van der Waals surface area contributed by atoms with Gasteiger partial charge in [0, 0.05) is 31.3 Å². The van der Waals surface area contributed by atoms with Crippen LogP contribution in [0.3, 0.4) is 0 Å². The second-order valence-electron chi connectivity index (χ2n) is 4.37. The first-order valence-corrected chi connectivity index (χ1v) is 6.01. The molecule has 0 aliphatic heterocycles. The number of anilines is 1. The largest absolute Gasteiger partial charge is 0.409 e. The summed E-state index contributed by atoms with van der Waals surface area (Å²) in [5.41, 5.74) is 6.53. The molecule has 18 heavy (non-hydrogen) atoms. The predicted octanol–water partition coefficient (Wildman–Crippen LogP) is 1.31. The van der Waals surface area contributed by atoms with Crippen molar-refractivity contribution in [3.05, 3.63) is 17.6 Å². The third-order valence-corrected chi connectivity index (χ3v) is 2.90. The van der Waals surface area contributed by atoms with Gasteiger partial charge in [-0.15, -0.1) is 0 Å². The van der Waals surface area contributed by atoms with Gasteiger partial charge in [0.15, 0.2) is 0 Å². The summed E-state index contributed by atoms with van der Waals surface area (Å²) in [4.78, 5) is 10.8. The predicted molar refractivity (Wildman–Crippen MR) is 72.0 cm³/mol. The Morgan fingerprint density at radius 3 is 2.78 bits per heavy atom. The smallest absolute Gasteiger partial charge is 0.141 e. The summed E-state index contributed by atoms with van der Waals surface area (Å²) in [5.74, 6) is 1.83. The molecule has 1 rings (SSSR count).